The molecule has 0 radical (unpaired) electrons. The summed E-state index contributed by atoms with van der Waals surface area (Å²) >= 11 is 0. The molecule has 2 atom stereocenters. The Hall–Kier alpha value is 0.958. The Bertz CT molecular complexity index is 757. The van der Waals surface area contributed by atoms with E-state index in [0.29, 0.717) is 48.9 Å². The zero-order chi connectivity index (χ0) is 33.8. The second-order valence-electron chi connectivity index (χ2n) is 11.4. The summed E-state index contributed by atoms with van der Waals surface area (Å²) in [5.74, 6) is 0. The highest BCUT2D eigenvalue weighted by Gasteiger charge is 2.59. The lowest BCUT2D eigenvalue weighted by molar-refractivity contribution is 0.122. The molecule has 0 bridgehead atoms. The van der Waals surface area contributed by atoms with Crippen molar-refractivity contribution in [3.8, 4) is 0 Å². The molecule has 44 heavy (non-hydrogen) atoms. The molecule has 1 aliphatic heterocycles. The topological polar surface area (TPSA) is 129 Å². The molecule has 0 aromatic carbocycles. The summed E-state index contributed by atoms with van der Waals surface area (Å²) in [6.07, 6.45) is 0.784. The molecule has 0 aliphatic carbocycles. The average molecular weight is 757 g/mol. The van der Waals surface area contributed by atoms with Crippen molar-refractivity contribution in [3.05, 3.63) is 0 Å². The Morgan fingerprint density at radius 1 is 0.386 bits per heavy atom. The van der Waals surface area contributed by atoms with Crippen LogP contribution in [0.1, 0.15) is 6.42 Å². The summed E-state index contributed by atoms with van der Waals surface area (Å²) in [5.41, 5.74) is 0. The van der Waals surface area contributed by atoms with Gasteiger partial charge >= 0.3 is 60.7 Å². The number of methoxy groups -OCH3 is 1. The van der Waals surface area contributed by atoms with Gasteiger partial charge in [0.1, 0.15) is 0 Å². The van der Waals surface area contributed by atoms with Crippen LogP contribution in [-0.4, -0.2) is 138 Å². The van der Waals surface area contributed by atoms with Crippen LogP contribution in [0.3, 0.4) is 0 Å². The Labute approximate surface area is 273 Å². The summed E-state index contributed by atoms with van der Waals surface area (Å²) in [4.78, 5) is 0. The van der Waals surface area contributed by atoms with Gasteiger partial charge in [0.2, 0.25) is 0 Å². The lowest BCUT2D eigenvalue weighted by Crippen LogP contribution is -2.68. The van der Waals surface area contributed by atoms with Gasteiger partial charge in [0, 0.05) is 95.8 Å². The quantitative estimate of drug-likeness (QED) is 0.117. The van der Waals surface area contributed by atoms with Crippen molar-refractivity contribution in [2.24, 2.45) is 0 Å². The third-order valence-electron chi connectivity index (χ3n) is 8.16. The van der Waals surface area contributed by atoms with Crippen molar-refractivity contribution in [3.63, 3.8) is 0 Å². The second kappa shape index (κ2) is 18.6. The predicted molar refractivity (Wildman–Crippen MR) is 181 cm³/mol. The van der Waals surface area contributed by atoms with Crippen LogP contribution >= 0.6 is 0 Å². The van der Waals surface area contributed by atoms with E-state index >= 15 is 0 Å². The maximum Gasteiger partial charge on any atom is 0.500 e. The fraction of sp³-hybridized carbons (Fsp3) is 1.00. The Kier molecular flexibility index (Phi) is 18.2. The van der Waals surface area contributed by atoms with Crippen molar-refractivity contribution < 1.29 is 61.0 Å². The molecule has 0 aromatic rings. The largest absolute Gasteiger partial charge is 0.500 e. The Balaban J connectivity index is 3.65. The third kappa shape index (κ3) is 12.1. The molecule has 1 aliphatic rings. The van der Waals surface area contributed by atoms with Crippen LogP contribution in [0.4, 0.5) is 0 Å². The zero-order valence-corrected chi connectivity index (χ0v) is 36.6. The molecule has 0 N–H and O–H groups in total. The minimum atomic E-state index is -3.05. The van der Waals surface area contributed by atoms with Gasteiger partial charge in [0.15, 0.2) is 0 Å². The van der Waals surface area contributed by atoms with Crippen molar-refractivity contribution >= 4 is 60.7 Å². The van der Waals surface area contributed by atoms with Crippen LogP contribution in [0.2, 0.25) is 68.5 Å². The van der Waals surface area contributed by atoms with E-state index in [2.05, 4.69) is 26.2 Å². The summed E-state index contributed by atoms with van der Waals surface area (Å²) in [6, 6.07) is 3.98. The van der Waals surface area contributed by atoms with Crippen molar-refractivity contribution in [1.29, 1.82) is 0 Å². The second-order valence-corrected chi connectivity index (χ2v) is 35.0. The van der Waals surface area contributed by atoms with Gasteiger partial charge in [-0.3, -0.25) is 0 Å². The lowest BCUT2D eigenvalue weighted by atomic mass is 10.5. The summed E-state index contributed by atoms with van der Waals surface area (Å²) in [6.45, 7) is 8.95. The predicted octanol–water partition coefficient (Wildman–Crippen LogP) is 4.03. The van der Waals surface area contributed by atoms with Gasteiger partial charge in [-0.2, -0.15) is 0 Å². The monoisotopic (exact) mass is 756 g/mol. The fourth-order valence-corrected chi connectivity index (χ4v) is 39.0. The van der Waals surface area contributed by atoms with Crippen LogP contribution in [0.25, 0.3) is 0 Å². The van der Waals surface area contributed by atoms with Gasteiger partial charge < -0.3 is 61.0 Å². The molecular weight excluding hydrogens is 697 g/mol. The Morgan fingerprint density at radius 3 is 0.818 bits per heavy atom. The van der Waals surface area contributed by atoms with Crippen LogP contribution in [-0.2, 0) is 61.0 Å². The highest BCUT2D eigenvalue weighted by Crippen LogP contribution is 2.41. The van der Waals surface area contributed by atoms with Gasteiger partial charge in [0.25, 0.3) is 0 Å². The van der Waals surface area contributed by atoms with E-state index in [1.807, 2.05) is 0 Å². The Morgan fingerprint density at radius 2 is 0.614 bits per heavy atom. The standard InChI is InChI=1S/C23H60O14Si7/c1-24-16-15-17-38(11)34-39(12,18-21-42(25-2,26-3)27-4)36-41(14,20-23-44(31-8,32-9)33-10)37-40(13,35-38)19-22-43(28-5,29-6)30-7/h15-23H2,1-14H3. The fourth-order valence-electron chi connectivity index (χ4n) is 5.67. The average Bonchev–Trinajstić information content (AvgIpc) is 2.99. The maximum absolute atomic E-state index is 7.25. The summed E-state index contributed by atoms with van der Waals surface area (Å²) in [7, 11) is -4.51. The number of ether oxygens (including phenoxy) is 1. The molecule has 1 fully saturated rings. The van der Waals surface area contributed by atoms with Gasteiger partial charge in [-0.1, -0.05) is 0 Å². The van der Waals surface area contributed by atoms with E-state index in [1.165, 1.54) is 0 Å². The lowest BCUT2D eigenvalue weighted by Gasteiger charge is -2.51. The smallest absolute Gasteiger partial charge is 0.416 e. The molecule has 0 spiro atoms. The molecular formula is C23H60O14Si7. The van der Waals surface area contributed by atoms with Crippen molar-refractivity contribution in [2.75, 3.05) is 77.7 Å². The number of hydrogen-bond acceptors (Lipinski definition) is 14. The molecule has 2 unspecified atom stereocenters. The molecule has 14 nitrogen and oxygen atoms in total. The molecule has 1 rings (SSSR count). The van der Waals surface area contributed by atoms with Gasteiger partial charge in [-0.25, -0.2) is 0 Å². The maximum atomic E-state index is 7.25. The molecule has 0 amide bonds. The van der Waals surface area contributed by atoms with E-state index in [9.17, 15) is 0 Å². The third-order valence-corrected chi connectivity index (χ3v) is 36.4. The zero-order valence-electron chi connectivity index (χ0n) is 29.6. The minimum absolute atomic E-state index is 0.510. The normalized spacial score (nSPS) is 29.0. The van der Waals surface area contributed by atoms with E-state index in [4.69, 9.17) is 61.0 Å². The first-order valence-corrected chi connectivity index (χ1v) is 30.7. The summed E-state index contributed by atoms with van der Waals surface area (Å²) < 4.78 is 86.2. The molecule has 264 valence electrons. The van der Waals surface area contributed by atoms with E-state index < -0.39 is 60.7 Å². The van der Waals surface area contributed by atoms with Crippen molar-refractivity contribution in [1.82, 2.24) is 0 Å². The molecule has 0 saturated carbocycles. The van der Waals surface area contributed by atoms with Crippen LogP contribution in [0.15, 0.2) is 0 Å². The van der Waals surface area contributed by atoms with Gasteiger partial charge in [-0.05, 0) is 56.8 Å². The molecule has 1 saturated heterocycles. The van der Waals surface area contributed by atoms with Gasteiger partial charge in [0.05, 0.1) is 0 Å². The first-order valence-electron chi connectivity index (χ1n) is 14.8. The SMILES string of the molecule is COCCC[Si]1(C)O[Si](C)(CC[Si](OC)(OC)OC)O[Si](C)(CC[Si](OC)(OC)OC)O[Si](C)(CC[Si](OC)(OC)OC)O1. The van der Waals surface area contributed by atoms with Crippen LogP contribution in [0.5, 0.6) is 0 Å². The number of rotatable bonds is 22. The van der Waals surface area contributed by atoms with Crippen molar-refractivity contribution in [2.45, 2.75) is 74.9 Å². The highest BCUT2D eigenvalue weighted by atomic mass is 28.5. The molecule has 21 heteroatoms. The molecule has 0 aromatic heterocycles. The van der Waals surface area contributed by atoms with E-state index in [0.717, 1.165) is 6.42 Å². The first-order chi connectivity index (χ1) is 20.6. The van der Waals surface area contributed by atoms with Gasteiger partial charge in [-0.15, -0.1) is 0 Å². The first kappa shape index (κ1) is 43.0. The van der Waals surface area contributed by atoms with E-state index in [1.54, 1.807) is 71.1 Å². The van der Waals surface area contributed by atoms with E-state index in [-0.39, 0.29) is 0 Å². The number of hydrogen-bond donors (Lipinski definition) is 0. The summed E-state index contributed by atoms with van der Waals surface area (Å²) in [5, 5.41) is 0. The van der Waals surface area contributed by atoms with Crippen LogP contribution in [0, 0.1) is 0 Å². The highest BCUT2D eigenvalue weighted by molar-refractivity contribution is 6.94. The molecule has 1 heterocycles. The van der Waals surface area contributed by atoms with Crippen LogP contribution < -0.4 is 0 Å². The minimum Gasteiger partial charge on any atom is -0.416 e.